The number of nitriles is 1. The number of methoxy groups -OCH3 is 1. The molecule has 0 bridgehead atoms. The maximum atomic E-state index is 12.2. The van der Waals surface area contributed by atoms with Crippen LogP contribution in [-0.4, -0.2) is 18.1 Å². The molecule has 0 aliphatic rings. The number of anilines is 1. The van der Waals surface area contributed by atoms with Crippen molar-refractivity contribution >= 4 is 11.6 Å². The maximum Gasteiger partial charge on any atom is 0.267 e. The summed E-state index contributed by atoms with van der Waals surface area (Å²) < 4.78 is 5.09. The monoisotopic (exact) mass is 337 g/mol. The van der Waals surface area contributed by atoms with Crippen molar-refractivity contribution in [3.8, 4) is 17.6 Å². The van der Waals surface area contributed by atoms with Gasteiger partial charge in [-0.25, -0.2) is 0 Å². The van der Waals surface area contributed by atoms with Gasteiger partial charge in [0.2, 0.25) is 0 Å². The van der Waals surface area contributed by atoms with Gasteiger partial charge in [0.15, 0.2) is 0 Å². The number of rotatable bonds is 6. The van der Waals surface area contributed by atoms with Crippen molar-refractivity contribution in [3.05, 3.63) is 65.4 Å². The Morgan fingerprint density at radius 1 is 1.28 bits per heavy atom. The fraction of sp³-hybridized carbons (Fsp3) is 0.158. The first-order valence-corrected chi connectivity index (χ1v) is 7.61. The second-order valence-corrected chi connectivity index (χ2v) is 5.35. The normalized spacial score (nSPS) is 10.7. The van der Waals surface area contributed by atoms with Gasteiger partial charge in [-0.1, -0.05) is 12.1 Å². The van der Waals surface area contributed by atoms with E-state index in [4.69, 9.17) is 4.74 Å². The van der Waals surface area contributed by atoms with Crippen LogP contribution in [0.15, 0.2) is 54.2 Å². The van der Waals surface area contributed by atoms with E-state index in [0.29, 0.717) is 17.8 Å². The number of nitrogens with zero attached hydrogens (tertiary/aromatic N) is 1. The molecule has 0 saturated carbocycles. The zero-order chi connectivity index (χ0) is 18.2. The predicted octanol–water partition coefficient (Wildman–Crippen LogP) is 2.85. The molecule has 2 aromatic carbocycles. The van der Waals surface area contributed by atoms with Crippen molar-refractivity contribution in [2.24, 2.45) is 0 Å². The topological polar surface area (TPSA) is 94.4 Å². The minimum absolute atomic E-state index is 0.0408. The number of phenols is 1. The van der Waals surface area contributed by atoms with Crippen molar-refractivity contribution in [2.75, 3.05) is 12.4 Å². The lowest BCUT2D eigenvalue weighted by atomic mass is 10.1. The third kappa shape index (κ3) is 5.01. The Hall–Kier alpha value is -3.46. The highest BCUT2D eigenvalue weighted by molar-refractivity contribution is 6.06. The Balaban J connectivity index is 1.98. The highest BCUT2D eigenvalue weighted by atomic mass is 16.5. The van der Waals surface area contributed by atoms with Crippen LogP contribution in [0.1, 0.15) is 11.1 Å². The smallest absolute Gasteiger partial charge is 0.267 e. The molecule has 0 unspecified atom stereocenters. The fourth-order valence-corrected chi connectivity index (χ4v) is 2.14. The summed E-state index contributed by atoms with van der Waals surface area (Å²) in [6, 6.07) is 13.9. The van der Waals surface area contributed by atoms with Crippen LogP contribution < -0.4 is 15.4 Å². The molecular formula is C19H19N3O3. The molecule has 0 fully saturated rings. The number of nitrogens with one attached hydrogen (secondary N) is 2. The van der Waals surface area contributed by atoms with Crippen molar-refractivity contribution in [1.29, 1.82) is 5.26 Å². The lowest BCUT2D eigenvalue weighted by Gasteiger charge is -2.08. The van der Waals surface area contributed by atoms with Gasteiger partial charge in [-0.15, -0.1) is 0 Å². The number of carbonyl (C=O) groups excluding carboxylic acids is 1. The number of aromatic hydroxyl groups is 1. The molecule has 1 amide bonds. The third-order valence-corrected chi connectivity index (χ3v) is 3.53. The minimum atomic E-state index is -0.515. The van der Waals surface area contributed by atoms with Gasteiger partial charge in [-0.2, -0.15) is 5.26 Å². The Morgan fingerprint density at radius 3 is 2.60 bits per heavy atom. The van der Waals surface area contributed by atoms with Crippen molar-refractivity contribution in [3.63, 3.8) is 0 Å². The van der Waals surface area contributed by atoms with Gasteiger partial charge in [0.05, 0.1) is 7.11 Å². The standard InChI is InChI=1S/C19H19N3O3/c1-13-9-16(23)5-8-18(13)22-19(24)15(10-20)12-21-11-14-3-6-17(25-2)7-4-14/h3-9,12,21,23H,11H2,1-2H3,(H,22,24)/b15-12-. The molecule has 0 heterocycles. The van der Waals surface area contributed by atoms with Crippen LogP contribution in [0.2, 0.25) is 0 Å². The van der Waals surface area contributed by atoms with Gasteiger partial charge in [0, 0.05) is 18.4 Å². The Labute approximate surface area is 146 Å². The number of carbonyl (C=O) groups is 1. The second kappa shape index (κ2) is 8.41. The minimum Gasteiger partial charge on any atom is -0.508 e. The molecule has 6 nitrogen and oxygen atoms in total. The van der Waals surface area contributed by atoms with E-state index < -0.39 is 5.91 Å². The number of benzene rings is 2. The maximum absolute atomic E-state index is 12.2. The molecule has 0 aliphatic heterocycles. The number of amides is 1. The summed E-state index contributed by atoms with van der Waals surface area (Å²) in [4.78, 5) is 12.2. The van der Waals surface area contributed by atoms with E-state index in [1.54, 1.807) is 20.1 Å². The van der Waals surface area contributed by atoms with E-state index in [9.17, 15) is 15.2 Å². The molecule has 25 heavy (non-hydrogen) atoms. The zero-order valence-electron chi connectivity index (χ0n) is 14.0. The van der Waals surface area contributed by atoms with Crippen LogP contribution >= 0.6 is 0 Å². The lowest BCUT2D eigenvalue weighted by Crippen LogP contribution is -2.17. The highest BCUT2D eigenvalue weighted by Crippen LogP contribution is 2.20. The Kier molecular flexibility index (Phi) is 6.02. The molecular weight excluding hydrogens is 318 g/mol. The van der Waals surface area contributed by atoms with E-state index in [1.807, 2.05) is 30.3 Å². The first kappa shape index (κ1) is 17.9. The van der Waals surface area contributed by atoms with E-state index in [1.165, 1.54) is 18.3 Å². The molecule has 0 aliphatic carbocycles. The van der Waals surface area contributed by atoms with Crippen LogP contribution in [0, 0.1) is 18.3 Å². The fourth-order valence-electron chi connectivity index (χ4n) is 2.14. The molecule has 2 rings (SSSR count). The zero-order valence-corrected chi connectivity index (χ0v) is 14.0. The van der Waals surface area contributed by atoms with Crippen molar-refractivity contribution in [1.82, 2.24) is 5.32 Å². The summed E-state index contributed by atoms with van der Waals surface area (Å²) in [7, 11) is 1.60. The largest absolute Gasteiger partial charge is 0.508 e. The van der Waals surface area contributed by atoms with E-state index in [2.05, 4.69) is 10.6 Å². The highest BCUT2D eigenvalue weighted by Gasteiger charge is 2.10. The van der Waals surface area contributed by atoms with Gasteiger partial charge < -0.3 is 20.5 Å². The van der Waals surface area contributed by atoms with Gasteiger partial charge in [0.25, 0.3) is 5.91 Å². The number of hydrogen-bond acceptors (Lipinski definition) is 5. The summed E-state index contributed by atoms with van der Waals surface area (Å²) in [5.41, 5.74) is 2.20. The molecule has 2 aromatic rings. The average molecular weight is 337 g/mol. The average Bonchev–Trinajstić information content (AvgIpc) is 2.61. The molecule has 3 N–H and O–H groups in total. The molecule has 0 spiro atoms. The number of phenolic OH excluding ortho intramolecular Hbond substituents is 1. The molecule has 0 aromatic heterocycles. The van der Waals surface area contributed by atoms with Gasteiger partial charge in [-0.3, -0.25) is 4.79 Å². The predicted molar refractivity (Wildman–Crippen MR) is 95.0 cm³/mol. The summed E-state index contributed by atoms with van der Waals surface area (Å²) in [5, 5.41) is 24.2. The molecule has 6 heteroatoms. The van der Waals surface area contributed by atoms with Crippen LogP contribution in [0.25, 0.3) is 0 Å². The molecule has 0 atom stereocenters. The van der Waals surface area contributed by atoms with E-state index >= 15 is 0 Å². The first-order valence-electron chi connectivity index (χ1n) is 7.61. The van der Waals surface area contributed by atoms with Crippen LogP contribution in [0.4, 0.5) is 5.69 Å². The quantitative estimate of drug-likeness (QED) is 0.428. The first-order chi connectivity index (χ1) is 12.0. The molecule has 0 saturated heterocycles. The molecule has 128 valence electrons. The summed E-state index contributed by atoms with van der Waals surface area (Å²) >= 11 is 0. The second-order valence-electron chi connectivity index (χ2n) is 5.35. The van der Waals surface area contributed by atoms with Crippen LogP contribution in [0.5, 0.6) is 11.5 Å². The van der Waals surface area contributed by atoms with E-state index in [0.717, 1.165) is 11.3 Å². The number of hydrogen-bond donors (Lipinski definition) is 3. The Morgan fingerprint density at radius 2 is 2.00 bits per heavy atom. The SMILES string of the molecule is COc1ccc(CN/C=C(/C#N)C(=O)Nc2ccc(O)cc2C)cc1. The summed E-state index contributed by atoms with van der Waals surface area (Å²) in [6.45, 7) is 2.23. The van der Waals surface area contributed by atoms with Crippen LogP contribution in [-0.2, 0) is 11.3 Å². The number of aryl methyl sites for hydroxylation is 1. The number of ether oxygens (including phenoxy) is 1. The van der Waals surface area contributed by atoms with Gasteiger partial charge in [0.1, 0.15) is 23.1 Å². The summed E-state index contributed by atoms with van der Waals surface area (Å²) in [6.07, 6.45) is 1.38. The summed E-state index contributed by atoms with van der Waals surface area (Å²) in [5.74, 6) is 0.367. The lowest BCUT2D eigenvalue weighted by molar-refractivity contribution is -0.112. The van der Waals surface area contributed by atoms with E-state index in [-0.39, 0.29) is 11.3 Å². The molecule has 0 radical (unpaired) electrons. The van der Waals surface area contributed by atoms with Crippen molar-refractivity contribution < 1.29 is 14.6 Å². The van der Waals surface area contributed by atoms with Gasteiger partial charge >= 0.3 is 0 Å². The van der Waals surface area contributed by atoms with Gasteiger partial charge in [-0.05, 0) is 48.4 Å². The van der Waals surface area contributed by atoms with Crippen molar-refractivity contribution in [2.45, 2.75) is 13.5 Å². The third-order valence-electron chi connectivity index (χ3n) is 3.53. The Bertz CT molecular complexity index is 821. The van der Waals surface area contributed by atoms with Crippen LogP contribution in [0.3, 0.4) is 0 Å².